The lowest BCUT2D eigenvalue weighted by atomic mass is 10.3. The van der Waals surface area contributed by atoms with Gasteiger partial charge in [-0.1, -0.05) is 17.7 Å². The van der Waals surface area contributed by atoms with Gasteiger partial charge in [0.15, 0.2) is 0 Å². The van der Waals surface area contributed by atoms with Gasteiger partial charge in [-0.2, -0.15) is 0 Å². The van der Waals surface area contributed by atoms with Gasteiger partial charge in [0.05, 0.1) is 0 Å². The number of aromatic amines is 1. The summed E-state index contributed by atoms with van der Waals surface area (Å²) in [6.45, 7) is 0. The summed E-state index contributed by atoms with van der Waals surface area (Å²) in [6, 6.07) is 5.90. The van der Waals surface area contributed by atoms with E-state index in [0.717, 1.165) is 10.5 Å². The summed E-state index contributed by atoms with van der Waals surface area (Å²) in [7, 11) is 0. The van der Waals surface area contributed by atoms with Crippen molar-refractivity contribution in [2.45, 2.75) is 4.90 Å². The summed E-state index contributed by atoms with van der Waals surface area (Å²) in [5.41, 5.74) is 1.10. The zero-order valence-corrected chi connectivity index (χ0v) is 8.17. The molecule has 1 aromatic carbocycles. The van der Waals surface area contributed by atoms with E-state index in [2.05, 4.69) is 11.2 Å². The fourth-order valence-corrected chi connectivity index (χ4v) is 1.99. The van der Waals surface area contributed by atoms with Gasteiger partial charge in [0, 0.05) is 27.0 Å². The minimum absolute atomic E-state index is 0.775. The Balaban J connectivity index is 2.73. The van der Waals surface area contributed by atoms with Crippen LogP contribution in [0.3, 0.4) is 0 Å². The van der Waals surface area contributed by atoms with E-state index in [1.165, 1.54) is 10.3 Å². The van der Waals surface area contributed by atoms with Crippen LogP contribution < -0.4 is 0 Å². The van der Waals surface area contributed by atoms with E-state index in [-0.39, 0.29) is 0 Å². The number of fused-ring (bicyclic) bond motifs is 1. The van der Waals surface area contributed by atoms with Crippen LogP contribution >= 0.6 is 23.4 Å². The van der Waals surface area contributed by atoms with Crippen molar-refractivity contribution in [2.75, 3.05) is 6.26 Å². The molecule has 0 unspecified atom stereocenters. The molecule has 2 aromatic rings. The highest BCUT2D eigenvalue weighted by Gasteiger charge is 2.01. The lowest BCUT2D eigenvalue weighted by Gasteiger charge is -1.93. The van der Waals surface area contributed by atoms with Crippen LogP contribution in [0.1, 0.15) is 0 Å². The molecule has 1 aromatic heterocycles. The second-order valence-corrected chi connectivity index (χ2v) is 3.83. The van der Waals surface area contributed by atoms with Gasteiger partial charge in [-0.25, -0.2) is 0 Å². The quantitative estimate of drug-likeness (QED) is 0.693. The van der Waals surface area contributed by atoms with Crippen LogP contribution in [0.4, 0.5) is 0 Å². The van der Waals surface area contributed by atoms with Crippen molar-refractivity contribution in [3.8, 4) is 0 Å². The van der Waals surface area contributed by atoms with E-state index in [4.69, 9.17) is 11.6 Å². The fourth-order valence-electron chi connectivity index (χ4n) is 1.24. The Labute approximate surface area is 80.1 Å². The van der Waals surface area contributed by atoms with Crippen LogP contribution in [0.25, 0.3) is 10.9 Å². The van der Waals surface area contributed by atoms with Crippen molar-refractivity contribution in [3.05, 3.63) is 29.4 Å². The van der Waals surface area contributed by atoms with E-state index in [0.29, 0.717) is 0 Å². The molecule has 0 atom stereocenters. The third-order valence-corrected chi connectivity index (χ3v) is 2.84. The summed E-state index contributed by atoms with van der Waals surface area (Å²) in [5.74, 6) is 0. The number of benzene rings is 1. The first-order chi connectivity index (χ1) is 5.81. The SMILES string of the molecule is CSc1[13cH][nH]c2cc(Cl)ccc12. The standard InChI is InChI=1S/C9H8ClNS/c1-12-9-5-11-8-4-6(10)2-3-7(8)9/h2-5,11H,1H3/i5+1. The van der Waals surface area contributed by atoms with Gasteiger partial charge in [-0.15, -0.1) is 11.8 Å². The number of hydrogen-bond donors (Lipinski definition) is 1. The highest BCUT2D eigenvalue weighted by atomic mass is 35.5. The van der Waals surface area contributed by atoms with Gasteiger partial charge in [-0.05, 0) is 18.4 Å². The normalized spacial score (nSPS) is 10.8. The maximum absolute atomic E-state index is 5.84. The molecule has 1 heterocycles. The van der Waals surface area contributed by atoms with Crippen LogP contribution in [-0.4, -0.2) is 11.2 Å². The number of H-pyrrole nitrogens is 1. The fraction of sp³-hybridized carbons (Fsp3) is 0.111. The van der Waals surface area contributed by atoms with Crippen molar-refractivity contribution in [3.63, 3.8) is 0 Å². The highest BCUT2D eigenvalue weighted by Crippen LogP contribution is 2.27. The molecule has 12 heavy (non-hydrogen) atoms. The van der Waals surface area contributed by atoms with E-state index >= 15 is 0 Å². The van der Waals surface area contributed by atoms with Crippen molar-refractivity contribution in [2.24, 2.45) is 0 Å². The zero-order valence-electron chi connectivity index (χ0n) is 6.60. The first-order valence-electron chi connectivity index (χ1n) is 3.62. The lowest BCUT2D eigenvalue weighted by Crippen LogP contribution is -1.67. The largest absolute Gasteiger partial charge is 0.360 e. The molecule has 0 saturated carbocycles. The average molecular weight is 199 g/mol. The van der Waals surface area contributed by atoms with Crippen LogP contribution in [0, 0.1) is 0 Å². The molecular weight excluding hydrogens is 191 g/mol. The summed E-state index contributed by atoms with van der Waals surface area (Å²) < 4.78 is 0. The first-order valence-corrected chi connectivity index (χ1v) is 5.22. The van der Waals surface area contributed by atoms with E-state index in [1.807, 2.05) is 24.4 Å². The number of hydrogen-bond acceptors (Lipinski definition) is 1. The summed E-state index contributed by atoms with van der Waals surface area (Å²) in [6.07, 6.45) is 4.07. The van der Waals surface area contributed by atoms with E-state index in [9.17, 15) is 0 Å². The van der Waals surface area contributed by atoms with Gasteiger partial charge in [0.1, 0.15) is 0 Å². The molecular formula is C9H8ClNS. The molecule has 0 fully saturated rings. The lowest BCUT2D eigenvalue weighted by molar-refractivity contribution is 1.42. The average Bonchev–Trinajstić information content (AvgIpc) is 2.46. The van der Waals surface area contributed by atoms with Gasteiger partial charge in [-0.3, -0.25) is 0 Å². The zero-order chi connectivity index (χ0) is 8.55. The molecule has 2 rings (SSSR count). The molecule has 0 spiro atoms. The number of nitrogens with one attached hydrogen (secondary N) is 1. The predicted octanol–water partition coefficient (Wildman–Crippen LogP) is 3.54. The molecule has 3 heteroatoms. The smallest absolute Gasteiger partial charge is 0.0480 e. The molecule has 62 valence electrons. The number of thioether (sulfide) groups is 1. The minimum atomic E-state index is 0.775. The van der Waals surface area contributed by atoms with Crippen molar-refractivity contribution < 1.29 is 0 Å². The molecule has 0 bridgehead atoms. The van der Waals surface area contributed by atoms with Gasteiger partial charge < -0.3 is 4.98 Å². The second-order valence-electron chi connectivity index (χ2n) is 2.55. The molecule has 0 radical (unpaired) electrons. The minimum Gasteiger partial charge on any atom is -0.360 e. The van der Waals surface area contributed by atoms with Crippen LogP contribution in [-0.2, 0) is 0 Å². The topological polar surface area (TPSA) is 15.8 Å². The third kappa shape index (κ3) is 1.21. The van der Waals surface area contributed by atoms with Gasteiger partial charge in [0.25, 0.3) is 0 Å². The molecule has 0 aliphatic rings. The molecule has 0 saturated heterocycles. The maximum Gasteiger partial charge on any atom is 0.0480 e. The summed E-state index contributed by atoms with van der Waals surface area (Å²) in [5, 5.41) is 2.02. The molecule has 0 aliphatic heterocycles. The van der Waals surface area contributed by atoms with E-state index in [1.54, 1.807) is 11.8 Å². The van der Waals surface area contributed by atoms with Crippen LogP contribution in [0.15, 0.2) is 29.3 Å². The van der Waals surface area contributed by atoms with Gasteiger partial charge >= 0.3 is 0 Å². The Morgan fingerprint density at radius 1 is 1.42 bits per heavy atom. The van der Waals surface area contributed by atoms with Crippen LogP contribution in [0.5, 0.6) is 0 Å². The highest BCUT2D eigenvalue weighted by molar-refractivity contribution is 7.98. The molecule has 1 N–H and O–H groups in total. The Hall–Kier alpha value is -0.600. The summed E-state index contributed by atoms with van der Waals surface area (Å²) >= 11 is 7.58. The molecule has 0 amide bonds. The molecule has 0 aliphatic carbocycles. The van der Waals surface area contributed by atoms with Crippen molar-refractivity contribution >= 4 is 34.3 Å². The number of rotatable bonds is 1. The molecule has 1 nitrogen and oxygen atoms in total. The Kier molecular flexibility index (Phi) is 2.03. The predicted molar refractivity (Wildman–Crippen MR) is 55.1 cm³/mol. The maximum atomic E-state index is 5.84. The van der Waals surface area contributed by atoms with E-state index < -0.39 is 0 Å². The third-order valence-electron chi connectivity index (χ3n) is 1.83. The van der Waals surface area contributed by atoms with Crippen molar-refractivity contribution in [1.29, 1.82) is 0 Å². The Bertz CT molecular complexity index is 408. The number of aromatic nitrogens is 1. The summed E-state index contributed by atoms with van der Waals surface area (Å²) in [4.78, 5) is 4.44. The van der Waals surface area contributed by atoms with Gasteiger partial charge in [0.2, 0.25) is 0 Å². The van der Waals surface area contributed by atoms with Crippen molar-refractivity contribution in [1.82, 2.24) is 4.98 Å². The van der Waals surface area contributed by atoms with Crippen LogP contribution in [0.2, 0.25) is 5.02 Å². The Morgan fingerprint density at radius 2 is 2.25 bits per heavy atom. The first kappa shape index (κ1) is 8.02. The number of halogens is 1. The monoisotopic (exact) mass is 198 g/mol. The Morgan fingerprint density at radius 3 is 3.00 bits per heavy atom. The second kappa shape index (κ2) is 3.04.